The molecule has 3 rings (SSSR count). The van der Waals surface area contributed by atoms with E-state index in [0.717, 1.165) is 0 Å². The summed E-state index contributed by atoms with van der Waals surface area (Å²) in [6.45, 7) is 1.12. The Kier molecular flexibility index (Phi) is 5.34. The van der Waals surface area contributed by atoms with Gasteiger partial charge in [0, 0.05) is 41.8 Å². The lowest BCUT2D eigenvalue weighted by Gasteiger charge is -2.34. The summed E-state index contributed by atoms with van der Waals surface area (Å²) >= 11 is 11.8. The Morgan fingerprint density at radius 1 is 0.880 bits per heavy atom. The number of sulfonamides is 1. The Labute approximate surface area is 156 Å². The van der Waals surface area contributed by atoms with E-state index in [9.17, 15) is 13.2 Å². The maximum atomic E-state index is 12.7. The Balaban J connectivity index is 1.72. The van der Waals surface area contributed by atoms with Gasteiger partial charge in [-0.3, -0.25) is 4.79 Å². The molecule has 1 saturated heterocycles. The quantitative estimate of drug-likeness (QED) is 0.797. The van der Waals surface area contributed by atoms with Gasteiger partial charge < -0.3 is 4.90 Å². The molecule has 0 spiro atoms. The van der Waals surface area contributed by atoms with Crippen molar-refractivity contribution in [3.63, 3.8) is 0 Å². The molecule has 2 aromatic rings. The van der Waals surface area contributed by atoms with Crippen molar-refractivity contribution < 1.29 is 13.2 Å². The number of amides is 1. The first-order valence-electron chi connectivity index (χ1n) is 7.68. The predicted octanol–water partition coefficient (Wildman–Crippen LogP) is 3.14. The van der Waals surface area contributed by atoms with Crippen molar-refractivity contribution in [2.75, 3.05) is 26.2 Å². The highest BCUT2D eigenvalue weighted by Crippen LogP contribution is 2.25. The van der Waals surface area contributed by atoms with Crippen molar-refractivity contribution in [3.05, 3.63) is 64.1 Å². The van der Waals surface area contributed by atoms with Crippen LogP contribution in [0.2, 0.25) is 10.0 Å². The van der Waals surface area contributed by atoms with Gasteiger partial charge in [0.1, 0.15) is 0 Å². The third kappa shape index (κ3) is 3.98. The lowest BCUT2D eigenvalue weighted by atomic mass is 10.2. The maximum Gasteiger partial charge on any atom is 0.253 e. The molecule has 0 saturated carbocycles. The molecule has 2 aromatic carbocycles. The monoisotopic (exact) mass is 398 g/mol. The molecular formula is C17H16Cl2N2O3S. The number of carbonyl (C=O) groups is 1. The summed E-state index contributed by atoms with van der Waals surface area (Å²) < 4.78 is 26.8. The van der Waals surface area contributed by atoms with E-state index in [0.29, 0.717) is 18.7 Å². The molecule has 0 atom stereocenters. The van der Waals surface area contributed by atoms with Gasteiger partial charge in [0.25, 0.3) is 5.91 Å². The van der Waals surface area contributed by atoms with Crippen LogP contribution in [0.25, 0.3) is 0 Å². The van der Waals surface area contributed by atoms with Crippen LogP contribution in [-0.4, -0.2) is 49.7 Å². The van der Waals surface area contributed by atoms with Crippen molar-refractivity contribution in [1.29, 1.82) is 0 Å². The van der Waals surface area contributed by atoms with Gasteiger partial charge >= 0.3 is 0 Å². The fraction of sp³-hybridized carbons (Fsp3) is 0.235. The van der Waals surface area contributed by atoms with Crippen LogP contribution in [0.1, 0.15) is 10.4 Å². The van der Waals surface area contributed by atoms with Gasteiger partial charge in [-0.1, -0.05) is 41.4 Å². The van der Waals surface area contributed by atoms with Crippen LogP contribution in [0.4, 0.5) is 0 Å². The van der Waals surface area contributed by atoms with Crippen LogP contribution in [0.5, 0.6) is 0 Å². The standard InChI is InChI=1S/C17H16Cl2N2O3S/c18-14-10-15(19)12-16(11-14)25(23,24)21-8-6-20(7-9-21)17(22)13-4-2-1-3-5-13/h1-5,10-12H,6-9H2. The Morgan fingerprint density at radius 2 is 1.44 bits per heavy atom. The van der Waals surface area contributed by atoms with Crippen molar-refractivity contribution in [2.24, 2.45) is 0 Å². The molecule has 0 aliphatic carbocycles. The topological polar surface area (TPSA) is 57.7 Å². The molecular weight excluding hydrogens is 383 g/mol. The van der Waals surface area contributed by atoms with Gasteiger partial charge in [-0.15, -0.1) is 0 Å². The van der Waals surface area contributed by atoms with Gasteiger partial charge in [-0.05, 0) is 30.3 Å². The molecule has 0 bridgehead atoms. The largest absolute Gasteiger partial charge is 0.336 e. The lowest BCUT2D eigenvalue weighted by Crippen LogP contribution is -2.50. The summed E-state index contributed by atoms with van der Waals surface area (Å²) in [5, 5.41) is 0.535. The van der Waals surface area contributed by atoms with Crippen LogP contribution in [0, 0.1) is 0 Å². The Hall–Kier alpha value is -1.60. The highest BCUT2D eigenvalue weighted by molar-refractivity contribution is 7.89. The average Bonchev–Trinajstić information content (AvgIpc) is 2.61. The van der Waals surface area contributed by atoms with Crippen LogP contribution >= 0.6 is 23.2 Å². The number of hydrogen-bond acceptors (Lipinski definition) is 3. The van der Waals surface area contributed by atoms with E-state index in [-0.39, 0.29) is 33.9 Å². The minimum absolute atomic E-state index is 0.0628. The van der Waals surface area contributed by atoms with E-state index in [1.54, 1.807) is 29.2 Å². The number of halogens is 2. The number of rotatable bonds is 3. The summed E-state index contributed by atoms with van der Waals surface area (Å²) in [7, 11) is -3.69. The highest BCUT2D eigenvalue weighted by atomic mass is 35.5. The number of nitrogens with zero attached hydrogens (tertiary/aromatic N) is 2. The van der Waals surface area contributed by atoms with Crippen molar-refractivity contribution in [3.8, 4) is 0 Å². The first-order valence-corrected chi connectivity index (χ1v) is 9.88. The molecule has 1 heterocycles. The number of benzene rings is 2. The number of hydrogen-bond donors (Lipinski definition) is 0. The normalized spacial score (nSPS) is 16.0. The first-order chi connectivity index (χ1) is 11.9. The maximum absolute atomic E-state index is 12.7. The van der Waals surface area contributed by atoms with Crippen molar-refractivity contribution >= 4 is 39.1 Å². The fourth-order valence-corrected chi connectivity index (χ4v) is 4.87. The van der Waals surface area contributed by atoms with Crippen LogP contribution in [-0.2, 0) is 10.0 Å². The van der Waals surface area contributed by atoms with Gasteiger partial charge in [-0.2, -0.15) is 4.31 Å². The fourth-order valence-electron chi connectivity index (χ4n) is 2.72. The molecule has 0 aromatic heterocycles. The molecule has 1 amide bonds. The third-order valence-electron chi connectivity index (χ3n) is 4.02. The molecule has 5 nitrogen and oxygen atoms in total. The minimum Gasteiger partial charge on any atom is -0.336 e. The van der Waals surface area contributed by atoms with Crippen LogP contribution in [0.3, 0.4) is 0 Å². The average molecular weight is 399 g/mol. The number of piperazine rings is 1. The van der Waals surface area contributed by atoms with Crippen molar-refractivity contribution in [2.45, 2.75) is 4.90 Å². The molecule has 1 aliphatic heterocycles. The van der Waals surface area contributed by atoms with E-state index < -0.39 is 10.0 Å². The van der Waals surface area contributed by atoms with E-state index >= 15 is 0 Å². The van der Waals surface area contributed by atoms with Gasteiger partial charge in [0.2, 0.25) is 10.0 Å². The van der Waals surface area contributed by atoms with E-state index in [4.69, 9.17) is 23.2 Å². The van der Waals surface area contributed by atoms with E-state index in [1.807, 2.05) is 6.07 Å². The number of carbonyl (C=O) groups excluding carboxylic acids is 1. The molecule has 0 unspecified atom stereocenters. The zero-order chi connectivity index (χ0) is 18.0. The first kappa shape index (κ1) is 18.2. The summed E-state index contributed by atoms with van der Waals surface area (Å²) in [6.07, 6.45) is 0. The van der Waals surface area contributed by atoms with Crippen LogP contribution < -0.4 is 0 Å². The summed E-state index contributed by atoms with van der Waals surface area (Å²) in [5.41, 5.74) is 0.598. The Bertz CT molecular complexity index is 860. The van der Waals surface area contributed by atoms with Crippen molar-refractivity contribution in [1.82, 2.24) is 9.21 Å². The van der Waals surface area contributed by atoms with Gasteiger partial charge in [0.15, 0.2) is 0 Å². The molecule has 8 heteroatoms. The molecule has 0 radical (unpaired) electrons. The SMILES string of the molecule is O=C(c1ccccc1)N1CCN(S(=O)(=O)c2cc(Cl)cc(Cl)c2)CC1. The lowest BCUT2D eigenvalue weighted by molar-refractivity contribution is 0.0698. The van der Waals surface area contributed by atoms with Crippen LogP contribution in [0.15, 0.2) is 53.4 Å². The van der Waals surface area contributed by atoms with Gasteiger partial charge in [-0.25, -0.2) is 8.42 Å². The second-order valence-corrected chi connectivity index (χ2v) is 8.48. The zero-order valence-corrected chi connectivity index (χ0v) is 15.6. The Morgan fingerprint density at radius 3 is 2.00 bits per heavy atom. The third-order valence-corrected chi connectivity index (χ3v) is 6.33. The summed E-state index contributed by atoms with van der Waals surface area (Å²) in [5.74, 6) is -0.0940. The van der Waals surface area contributed by atoms with E-state index in [2.05, 4.69) is 0 Å². The van der Waals surface area contributed by atoms with E-state index in [1.165, 1.54) is 22.5 Å². The second kappa shape index (κ2) is 7.33. The highest BCUT2D eigenvalue weighted by Gasteiger charge is 2.30. The summed E-state index contributed by atoms with van der Waals surface area (Å²) in [6, 6.07) is 13.2. The summed E-state index contributed by atoms with van der Waals surface area (Å²) in [4.78, 5) is 14.2. The predicted molar refractivity (Wildman–Crippen MR) is 97.6 cm³/mol. The molecule has 0 N–H and O–H groups in total. The molecule has 25 heavy (non-hydrogen) atoms. The second-order valence-electron chi connectivity index (χ2n) is 5.67. The molecule has 1 fully saturated rings. The molecule has 1 aliphatic rings. The minimum atomic E-state index is -3.69. The molecule has 132 valence electrons. The smallest absolute Gasteiger partial charge is 0.253 e. The zero-order valence-electron chi connectivity index (χ0n) is 13.2. The van der Waals surface area contributed by atoms with Gasteiger partial charge in [0.05, 0.1) is 4.90 Å².